The molecule has 0 amide bonds. The van der Waals surface area contributed by atoms with Crippen molar-refractivity contribution in [3.05, 3.63) is 62.8 Å². The van der Waals surface area contributed by atoms with E-state index in [0.29, 0.717) is 21.1 Å². The highest BCUT2D eigenvalue weighted by Crippen LogP contribution is 2.37. The lowest BCUT2D eigenvalue weighted by atomic mass is 10.1. The molecule has 4 nitrogen and oxygen atoms in total. The Balaban J connectivity index is 1.64. The van der Waals surface area contributed by atoms with Crippen LogP contribution in [-0.2, 0) is 15.6 Å². The second-order valence-electron chi connectivity index (χ2n) is 6.50. The van der Waals surface area contributed by atoms with Crippen LogP contribution in [0.1, 0.15) is 5.56 Å². The molecule has 0 saturated carbocycles. The van der Waals surface area contributed by atoms with Gasteiger partial charge in [0, 0.05) is 14.7 Å². The summed E-state index contributed by atoms with van der Waals surface area (Å²) in [4.78, 5) is 6.40. The van der Waals surface area contributed by atoms with E-state index in [0.717, 1.165) is 10.0 Å². The molecule has 2 aromatic carbocycles. The Morgan fingerprint density at radius 1 is 1.11 bits per heavy atom. The van der Waals surface area contributed by atoms with Crippen molar-refractivity contribution in [2.24, 2.45) is 4.99 Å². The van der Waals surface area contributed by atoms with Gasteiger partial charge in [-0.05, 0) is 35.9 Å². The van der Waals surface area contributed by atoms with E-state index < -0.39 is 15.7 Å². The van der Waals surface area contributed by atoms with Gasteiger partial charge in [-0.25, -0.2) is 12.8 Å². The molecule has 0 bridgehead atoms. The SMILES string of the molecule is O=S1(=O)C[C@@H]2[C@@H](C1)N=C(SCc1ccc(Br)cc1)N2c1ccc(Br)cc1F. The third kappa shape index (κ3) is 4.11. The van der Waals surface area contributed by atoms with Gasteiger partial charge in [0.2, 0.25) is 0 Å². The van der Waals surface area contributed by atoms with Crippen LogP contribution in [0.4, 0.5) is 10.1 Å². The molecule has 0 radical (unpaired) electrons. The fraction of sp³-hybridized carbons (Fsp3) is 0.278. The number of benzene rings is 2. The van der Waals surface area contributed by atoms with Crippen LogP contribution in [-0.4, -0.2) is 37.2 Å². The first-order valence-corrected chi connectivity index (χ1v) is 12.6. The van der Waals surface area contributed by atoms with E-state index >= 15 is 0 Å². The topological polar surface area (TPSA) is 49.7 Å². The molecule has 0 unspecified atom stereocenters. The Hall–Kier alpha value is -0.900. The third-order valence-corrected chi connectivity index (χ3v) is 8.32. The summed E-state index contributed by atoms with van der Waals surface area (Å²) < 4.78 is 40.4. The largest absolute Gasteiger partial charge is 0.312 e. The van der Waals surface area contributed by atoms with Gasteiger partial charge < -0.3 is 4.90 Å². The predicted molar refractivity (Wildman–Crippen MR) is 116 cm³/mol. The van der Waals surface area contributed by atoms with Crippen LogP contribution in [0.3, 0.4) is 0 Å². The molecule has 4 rings (SSSR count). The van der Waals surface area contributed by atoms with Crippen LogP contribution in [0, 0.1) is 5.82 Å². The minimum Gasteiger partial charge on any atom is -0.312 e. The van der Waals surface area contributed by atoms with E-state index in [4.69, 9.17) is 0 Å². The Morgan fingerprint density at radius 3 is 2.52 bits per heavy atom. The summed E-state index contributed by atoms with van der Waals surface area (Å²) >= 11 is 8.19. The Kier molecular flexibility index (Phi) is 5.39. The van der Waals surface area contributed by atoms with Crippen LogP contribution in [0.15, 0.2) is 56.4 Å². The average Bonchev–Trinajstić information content (AvgIpc) is 3.06. The van der Waals surface area contributed by atoms with Gasteiger partial charge in [0.15, 0.2) is 15.0 Å². The molecular weight excluding hydrogens is 519 g/mol. The van der Waals surface area contributed by atoms with Crippen molar-refractivity contribution < 1.29 is 12.8 Å². The second-order valence-corrected chi connectivity index (χ2v) is 11.4. The molecule has 0 aromatic heterocycles. The lowest BCUT2D eigenvalue weighted by Crippen LogP contribution is -2.39. The number of aliphatic imine (C=N–C) groups is 1. The van der Waals surface area contributed by atoms with Crippen molar-refractivity contribution in [2.45, 2.75) is 17.8 Å². The number of hydrogen-bond donors (Lipinski definition) is 0. The fourth-order valence-electron chi connectivity index (χ4n) is 3.32. The first-order valence-electron chi connectivity index (χ1n) is 8.22. The van der Waals surface area contributed by atoms with Crippen molar-refractivity contribution >= 4 is 64.3 Å². The molecule has 2 aliphatic heterocycles. The van der Waals surface area contributed by atoms with Crippen LogP contribution < -0.4 is 4.90 Å². The van der Waals surface area contributed by atoms with Gasteiger partial charge in [-0.15, -0.1) is 0 Å². The number of hydrogen-bond acceptors (Lipinski definition) is 5. The molecule has 2 heterocycles. The quantitative estimate of drug-likeness (QED) is 0.577. The normalized spacial score (nSPS) is 23.4. The summed E-state index contributed by atoms with van der Waals surface area (Å²) in [5, 5.41) is 0.670. The highest BCUT2D eigenvalue weighted by molar-refractivity contribution is 9.10. The summed E-state index contributed by atoms with van der Waals surface area (Å²) in [6.07, 6.45) is 0. The van der Waals surface area contributed by atoms with Crippen molar-refractivity contribution in [1.82, 2.24) is 0 Å². The molecule has 2 aromatic rings. The van der Waals surface area contributed by atoms with Gasteiger partial charge in [0.05, 0.1) is 29.3 Å². The monoisotopic (exact) mass is 532 g/mol. The van der Waals surface area contributed by atoms with Crippen molar-refractivity contribution in [1.29, 1.82) is 0 Å². The lowest BCUT2D eigenvalue weighted by molar-refractivity contribution is 0.600. The molecule has 2 aliphatic rings. The Bertz CT molecular complexity index is 1010. The summed E-state index contributed by atoms with van der Waals surface area (Å²) in [5.41, 5.74) is 1.48. The predicted octanol–water partition coefficient (Wildman–Crippen LogP) is 4.63. The van der Waals surface area contributed by atoms with Crippen molar-refractivity contribution in [2.75, 3.05) is 16.4 Å². The summed E-state index contributed by atoms with van der Waals surface area (Å²) in [6.45, 7) is 0. The highest BCUT2D eigenvalue weighted by Gasteiger charge is 2.47. The number of amidine groups is 1. The first kappa shape index (κ1) is 19.4. The standard InChI is InChI=1S/C18H15Br2FN2O2S2/c19-12-3-1-11(2-4-12)8-26-18-22-15-9-27(24,25)10-17(15)23(18)16-6-5-13(20)7-14(16)21/h1-7,15,17H,8-10H2/t15-,17-/m1/s1. The van der Waals surface area contributed by atoms with Crippen LogP contribution in [0.5, 0.6) is 0 Å². The van der Waals surface area contributed by atoms with E-state index in [1.54, 1.807) is 17.0 Å². The average molecular weight is 534 g/mol. The van der Waals surface area contributed by atoms with E-state index in [-0.39, 0.29) is 23.6 Å². The van der Waals surface area contributed by atoms with Crippen LogP contribution in [0.25, 0.3) is 0 Å². The molecule has 2 atom stereocenters. The first-order chi connectivity index (χ1) is 12.8. The molecule has 27 heavy (non-hydrogen) atoms. The number of fused-ring (bicyclic) bond motifs is 1. The van der Waals surface area contributed by atoms with Crippen molar-refractivity contribution in [3.63, 3.8) is 0 Å². The minimum atomic E-state index is -3.16. The Morgan fingerprint density at radius 2 is 1.81 bits per heavy atom. The summed E-state index contributed by atoms with van der Waals surface area (Å²) in [5.74, 6) is 0.298. The fourth-order valence-corrected chi connectivity index (χ4v) is 6.83. The van der Waals surface area contributed by atoms with E-state index in [1.165, 1.54) is 17.8 Å². The molecular formula is C18H15Br2FN2O2S2. The summed E-state index contributed by atoms with van der Waals surface area (Å²) in [7, 11) is -3.16. The molecule has 0 spiro atoms. The van der Waals surface area contributed by atoms with Crippen LogP contribution >= 0.6 is 43.6 Å². The number of rotatable bonds is 3. The van der Waals surface area contributed by atoms with Gasteiger partial charge in [-0.1, -0.05) is 55.8 Å². The van der Waals surface area contributed by atoms with Gasteiger partial charge >= 0.3 is 0 Å². The van der Waals surface area contributed by atoms with E-state index in [2.05, 4.69) is 36.9 Å². The zero-order chi connectivity index (χ0) is 19.2. The smallest absolute Gasteiger partial charge is 0.164 e. The molecule has 0 N–H and O–H groups in total. The maximum Gasteiger partial charge on any atom is 0.164 e. The number of sulfone groups is 1. The van der Waals surface area contributed by atoms with Crippen molar-refractivity contribution in [3.8, 4) is 0 Å². The highest BCUT2D eigenvalue weighted by atomic mass is 79.9. The van der Waals surface area contributed by atoms with Gasteiger partial charge in [-0.3, -0.25) is 4.99 Å². The van der Waals surface area contributed by atoms with Gasteiger partial charge in [0.25, 0.3) is 0 Å². The Labute approximate surface area is 178 Å². The van der Waals surface area contributed by atoms with E-state index in [1.807, 2.05) is 24.3 Å². The number of nitrogens with zero attached hydrogens (tertiary/aromatic N) is 2. The summed E-state index contributed by atoms with van der Waals surface area (Å²) in [6, 6.07) is 12.1. The van der Waals surface area contributed by atoms with E-state index in [9.17, 15) is 12.8 Å². The number of halogens is 3. The van der Waals surface area contributed by atoms with Crippen LogP contribution in [0.2, 0.25) is 0 Å². The third-order valence-electron chi connectivity index (χ3n) is 4.56. The zero-order valence-electron chi connectivity index (χ0n) is 14.0. The minimum absolute atomic E-state index is 0.000978. The second kappa shape index (κ2) is 7.50. The molecule has 1 fully saturated rings. The van der Waals surface area contributed by atoms with Gasteiger partial charge in [-0.2, -0.15) is 0 Å². The number of thioether (sulfide) groups is 1. The maximum absolute atomic E-state index is 14.6. The lowest BCUT2D eigenvalue weighted by Gasteiger charge is -2.27. The molecule has 142 valence electrons. The van der Waals surface area contributed by atoms with Gasteiger partial charge in [0.1, 0.15) is 5.82 Å². The molecule has 1 saturated heterocycles. The molecule has 0 aliphatic carbocycles. The zero-order valence-corrected chi connectivity index (χ0v) is 18.8. The number of anilines is 1. The molecule has 9 heteroatoms. The maximum atomic E-state index is 14.6.